The molecule has 0 bridgehead atoms. The highest BCUT2D eigenvalue weighted by Gasteiger charge is 2.25. The zero-order valence-electron chi connectivity index (χ0n) is 7.70. The van der Waals surface area contributed by atoms with Gasteiger partial charge in [0.1, 0.15) is 0 Å². The lowest BCUT2D eigenvalue weighted by atomic mass is 9.78. The van der Waals surface area contributed by atoms with Gasteiger partial charge in [-0.2, -0.15) is 0 Å². The van der Waals surface area contributed by atoms with E-state index in [9.17, 15) is 0 Å². The molecule has 2 rings (SSSR count). The van der Waals surface area contributed by atoms with Crippen molar-refractivity contribution >= 4 is 12.6 Å². The summed E-state index contributed by atoms with van der Waals surface area (Å²) in [5.74, 6) is 0.664. The van der Waals surface area contributed by atoms with Gasteiger partial charge in [0.2, 0.25) is 0 Å². The molecule has 0 heterocycles. The van der Waals surface area contributed by atoms with Crippen LogP contribution in [0.15, 0.2) is 18.2 Å². The van der Waals surface area contributed by atoms with Crippen LogP contribution in [0.3, 0.4) is 0 Å². The van der Waals surface area contributed by atoms with Crippen LogP contribution in [0.4, 0.5) is 0 Å². The predicted octanol–water partition coefficient (Wildman–Crippen LogP) is 0.552. The van der Waals surface area contributed by atoms with E-state index in [1.165, 1.54) is 18.4 Å². The SMILES string of the molecule is Cc1cc(B(O)O)cc(C2CC2)c1. The molecule has 1 aliphatic carbocycles. The summed E-state index contributed by atoms with van der Waals surface area (Å²) in [6, 6.07) is 5.84. The molecular weight excluding hydrogens is 163 g/mol. The van der Waals surface area contributed by atoms with Crippen molar-refractivity contribution in [3.8, 4) is 0 Å². The van der Waals surface area contributed by atoms with Crippen LogP contribution >= 0.6 is 0 Å². The molecule has 0 aliphatic heterocycles. The Morgan fingerprint density at radius 3 is 2.46 bits per heavy atom. The highest BCUT2D eigenvalue weighted by atomic mass is 16.4. The van der Waals surface area contributed by atoms with Crippen LogP contribution in [-0.4, -0.2) is 17.2 Å². The van der Waals surface area contributed by atoms with Crippen LogP contribution in [0.5, 0.6) is 0 Å². The third-order valence-electron chi connectivity index (χ3n) is 2.47. The van der Waals surface area contributed by atoms with E-state index in [1.807, 2.05) is 19.1 Å². The van der Waals surface area contributed by atoms with E-state index in [-0.39, 0.29) is 0 Å². The average molecular weight is 176 g/mol. The zero-order chi connectivity index (χ0) is 9.42. The van der Waals surface area contributed by atoms with Crippen molar-refractivity contribution in [3.63, 3.8) is 0 Å². The molecule has 1 saturated carbocycles. The Labute approximate surface area is 78.4 Å². The molecule has 1 fully saturated rings. The maximum Gasteiger partial charge on any atom is 0.488 e. The number of rotatable bonds is 2. The first kappa shape index (κ1) is 8.79. The summed E-state index contributed by atoms with van der Waals surface area (Å²) < 4.78 is 0. The summed E-state index contributed by atoms with van der Waals surface area (Å²) in [7, 11) is -1.34. The van der Waals surface area contributed by atoms with E-state index in [1.54, 1.807) is 0 Å². The third-order valence-corrected chi connectivity index (χ3v) is 2.47. The molecule has 2 nitrogen and oxygen atoms in total. The molecule has 13 heavy (non-hydrogen) atoms. The van der Waals surface area contributed by atoms with Crippen molar-refractivity contribution in [1.29, 1.82) is 0 Å². The maximum atomic E-state index is 9.03. The average Bonchev–Trinajstić information content (AvgIpc) is 2.85. The van der Waals surface area contributed by atoms with E-state index in [0.717, 1.165) is 5.56 Å². The quantitative estimate of drug-likeness (QED) is 0.646. The minimum atomic E-state index is -1.34. The van der Waals surface area contributed by atoms with Gasteiger partial charge in [-0.25, -0.2) is 0 Å². The third kappa shape index (κ3) is 1.93. The van der Waals surface area contributed by atoms with Crippen molar-refractivity contribution in [2.45, 2.75) is 25.7 Å². The topological polar surface area (TPSA) is 40.5 Å². The maximum absolute atomic E-state index is 9.03. The Balaban J connectivity index is 2.36. The van der Waals surface area contributed by atoms with Gasteiger partial charge in [0, 0.05) is 0 Å². The van der Waals surface area contributed by atoms with E-state index in [0.29, 0.717) is 11.4 Å². The Kier molecular flexibility index (Phi) is 2.14. The molecule has 2 N–H and O–H groups in total. The highest BCUT2D eigenvalue weighted by Crippen LogP contribution is 2.39. The second-order valence-corrected chi connectivity index (χ2v) is 3.82. The van der Waals surface area contributed by atoms with Gasteiger partial charge in [0.25, 0.3) is 0 Å². The summed E-state index contributed by atoms with van der Waals surface area (Å²) in [4.78, 5) is 0. The first-order valence-corrected chi connectivity index (χ1v) is 4.64. The van der Waals surface area contributed by atoms with Gasteiger partial charge in [-0.1, -0.05) is 23.8 Å². The number of aryl methyl sites for hydroxylation is 1. The fourth-order valence-electron chi connectivity index (χ4n) is 1.64. The molecule has 0 radical (unpaired) electrons. The summed E-state index contributed by atoms with van der Waals surface area (Å²) in [6.07, 6.45) is 2.48. The summed E-state index contributed by atoms with van der Waals surface area (Å²) in [5, 5.41) is 18.1. The van der Waals surface area contributed by atoms with Crippen LogP contribution < -0.4 is 5.46 Å². The lowest BCUT2D eigenvalue weighted by Crippen LogP contribution is -2.30. The van der Waals surface area contributed by atoms with Crippen molar-refractivity contribution < 1.29 is 10.0 Å². The minimum absolute atomic E-state index is 0.613. The van der Waals surface area contributed by atoms with Gasteiger partial charge in [0.05, 0.1) is 0 Å². The van der Waals surface area contributed by atoms with Crippen molar-refractivity contribution in [1.82, 2.24) is 0 Å². The number of benzene rings is 1. The summed E-state index contributed by atoms with van der Waals surface area (Å²) in [6.45, 7) is 1.98. The summed E-state index contributed by atoms with van der Waals surface area (Å²) in [5.41, 5.74) is 2.97. The Morgan fingerprint density at radius 1 is 1.23 bits per heavy atom. The first-order valence-electron chi connectivity index (χ1n) is 4.64. The monoisotopic (exact) mass is 176 g/mol. The van der Waals surface area contributed by atoms with Crippen LogP contribution in [0.1, 0.15) is 29.9 Å². The Bertz CT molecular complexity index is 298. The molecule has 0 aromatic heterocycles. The molecule has 1 aliphatic rings. The minimum Gasteiger partial charge on any atom is -0.423 e. The van der Waals surface area contributed by atoms with Gasteiger partial charge in [-0.05, 0) is 36.7 Å². The molecule has 1 aromatic rings. The highest BCUT2D eigenvalue weighted by molar-refractivity contribution is 6.58. The van der Waals surface area contributed by atoms with Crippen molar-refractivity contribution in [2.75, 3.05) is 0 Å². The molecule has 0 atom stereocenters. The smallest absolute Gasteiger partial charge is 0.423 e. The van der Waals surface area contributed by atoms with Crippen LogP contribution in [0.25, 0.3) is 0 Å². The molecule has 0 amide bonds. The molecule has 1 aromatic carbocycles. The molecule has 0 spiro atoms. The van der Waals surface area contributed by atoms with Gasteiger partial charge in [-0.3, -0.25) is 0 Å². The number of hydrogen-bond donors (Lipinski definition) is 2. The van der Waals surface area contributed by atoms with Gasteiger partial charge >= 0.3 is 7.12 Å². The Hall–Kier alpha value is -0.795. The van der Waals surface area contributed by atoms with Crippen LogP contribution in [0, 0.1) is 6.92 Å². The van der Waals surface area contributed by atoms with Crippen molar-refractivity contribution in [2.24, 2.45) is 0 Å². The fraction of sp³-hybridized carbons (Fsp3) is 0.400. The molecule has 68 valence electrons. The lowest BCUT2D eigenvalue weighted by Gasteiger charge is -2.05. The standard InChI is InChI=1S/C10H13BO2/c1-7-4-9(8-2-3-8)6-10(5-7)11(12)13/h4-6,8,12-13H,2-3H2,1H3. The molecule has 0 unspecified atom stereocenters. The van der Waals surface area contributed by atoms with E-state index >= 15 is 0 Å². The molecule has 0 saturated heterocycles. The largest absolute Gasteiger partial charge is 0.488 e. The Morgan fingerprint density at radius 2 is 1.92 bits per heavy atom. The van der Waals surface area contributed by atoms with Crippen LogP contribution in [-0.2, 0) is 0 Å². The van der Waals surface area contributed by atoms with Crippen molar-refractivity contribution in [3.05, 3.63) is 29.3 Å². The second-order valence-electron chi connectivity index (χ2n) is 3.82. The van der Waals surface area contributed by atoms with Gasteiger partial charge in [-0.15, -0.1) is 0 Å². The van der Waals surface area contributed by atoms with Crippen LogP contribution in [0.2, 0.25) is 0 Å². The summed E-state index contributed by atoms with van der Waals surface area (Å²) >= 11 is 0. The normalized spacial score (nSPS) is 15.9. The number of hydrogen-bond acceptors (Lipinski definition) is 2. The molecular formula is C10H13BO2. The predicted molar refractivity (Wildman–Crippen MR) is 53.0 cm³/mol. The fourth-order valence-corrected chi connectivity index (χ4v) is 1.64. The van der Waals surface area contributed by atoms with Gasteiger partial charge < -0.3 is 10.0 Å². The zero-order valence-corrected chi connectivity index (χ0v) is 7.70. The van der Waals surface area contributed by atoms with E-state index in [4.69, 9.17) is 10.0 Å². The first-order chi connectivity index (χ1) is 6.16. The van der Waals surface area contributed by atoms with E-state index in [2.05, 4.69) is 6.07 Å². The van der Waals surface area contributed by atoms with Gasteiger partial charge in [0.15, 0.2) is 0 Å². The van der Waals surface area contributed by atoms with E-state index < -0.39 is 7.12 Å². The lowest BCUT2D eigenvalue weighted by molar-refractivity contribution is 0.425. The molecule has 3 heteroatoms. The second kappa shape index (κ2) is 3.16.